The molecule has 0 spiro atoms. The molecule has 1 fully saturated rings. The molecule has 3 nitrogen and oxygen atoms in total. The maximum atomic E-state index is 11.3. The van der Waals surface area contributed by atoms with E-state index in [4.69, 9.17) is 4.74 Å². The van der Waals surface area contributed by atoms with Crippen LogP contribution in [0.2, 0.25) is 0 Å². The summed E-state index contributed by atoms with van der Waals surface area (Å²) in [4.78, 5) is 13.6. The van der Waals surface area contributed by atoms with E-state index < -0.39 is 0 Å². The van der Waals surface area contributed by atoms with E-state index in [-0.39, 0.29) is 5.97 Å². The van der Waals surface area contributed by atoms with Crippen LogP contribution in [0, 0.1) is 5.92 Å². The maximum absolute atomic E-state index is 11.3. The van der Waals surface area contributed by atoms with Gasteiger partial charge in [-0.15, -0.1) is 0 Å². The fourth-order valence-electron chi connectivity index (χ4n) is 2.09. The van der Waals surface area contributed by atoms with Crippen molar-refractivity contribution in [3.63, 3.8) is 0 Å². The third-order valence-electron chi connectivity index (χ3n) is 2.93. The molecule has 3 heterocycles. The number of carbonyl (C=O) groups excluding carboxylic acids is 1. The summed E-state index contributed by atoms with van der Waals surface area (Å²) in [7, 11) is 0. The minimum Gasteiger partial charge on any atom is -0.429 e. The van der Waals surface area contributed by atoms with Gasteiger partial charge in [-0.25, -0.2) is 0 Å². The Labute approximate surface area is 84.7 Å². The second kappa shape index (κ2) is 4.03. The highest BCUT2D eigenvalue weighted by molar-refractivity contribution is 5.70. The van der Waals surface area contributed by atoms with Crippen molar-refractivity contribution in [2.45, 2.75) is 32.6 Å². The molecule has 3 aliphatic rings. The van der Waals surface area contributed by atoms with Crippen molar-refractivity contribution in [1.29, 1.82) is 0 Å². The zero-order chi connectivity index (χ0) is 9.97. The van der Waals surface area contributed by atoms with Gasteiger partial charge in [0.2, 0.25) is 0 Å². The van der Waals surface area contributed by atoms with Gasteiger partial charge in [-0.2, -0.15) is 0 Å². The number of esters is 1. The number of piperidine rings is 1. The molecule has 14 heavy (non-hydrogen) atoms. The van der Waals surface area contributed by atoms with E-state index in [2.05, 4.69) is 4.90 Å². The van der Waals surface area contributed by atoms with Gasteiger partial charge in [0.25, 0.3) is 0 Å². The molecule has 0 atom stereocenters. The zero-order valence-corrected chi connectivity index (χ0v) is 8.66. The van der Waals surface area contributed by atoms with Gasteiger partial charge in [-0.3, -0.25) is 4.79 Å². The number of ether oxygens (including phenoxy) is 1. The molecule has 0 aromatic carbocycles. The summed E-state index contributed by atoms with van der Waals surface area (Å²) >= 11 is 0. The minimum absolute atomic E-state index is 0.0764. The standard InChI is InChI=1S/C11H17NO2/c1-2-3-11(13)14-10-8-12-6-4-9(10)5-7-12/h8-9H,2-7H2,1H3. The second-order valence-electron chi connectivity index (χ2n) is 4.07. The summed E-state index contributed by atoms with van der Waals surface area (Å²) in [6.07, 6.45) is 5.70. The first-order chi connectivity index (χ1) is 6.79. The van der Waals surface area contributed by atoms with E-state index in [0.717, 1.165) is 38.1 Å². The Hall–Kier alpha value is -0.990. The van der Waals surface area contributed by atoms with Crippen molar-refractivity contribution in [1.82, 2.24) is 4.90 Å². The summed E-state index contributed by atoms with van der Waals surface area (Å²) in [5.41, 5.74) is 0. The van der Waals surface area contributed by atoms with E-state index in [1.165, 1.54) is 0 Å². The predicted molar refractivity (Wildman–Crippen MR) is 53.4 cm³/mol. The molecule has 0 radical (unpaired) electrons. The Bertz CT molecular complexity index is 252. The smallest absolute Gasteiger partial charge is 0.310 e. The molecule has 1 saturated heterocycles. The molecule has 3 rings (SSSR count). The number of hydrogen-bond donors (Lipinski definition) is 0. The lowest BCUT2D eigenvalue weighted by molar-refractivity contribution is -0.141. The number of rotatable bonds is 3. The van der Waals surface area contributed by atoms with Crippen molar-refractivity contribution < 1.29 is 9.53 Å². The van der Waals surface area contributed by atoms with Crippen LogP contribution in [-0.2, 0) is 9.53 Å². The monoisotopic (exact) mass is 195 g/mol. The first-order valence-corrected chi connectivity index (χ1v) is 5.46. The summed E-state index contributed by atoms with van der Waals surface area (Å²) in [6, 6.07) is 0. The first-order valence-electron chi connectivity index (χ1n) is 5.46. The van der Waals surface area contributed by atoms with Gasteiger partial charge in [0, 0.05) is 31.6 Å². The molecule has 0 unspecified atom stereocenters. The highest BCUT2D eigenvalue weighted by Crippen LogP contribution is 2.31. The van der Waals surface area contributed by atoms with Crippen LogP contribution < -0.4 is 0 Å². The van der Waals surface area contributed by atoms with Crippen LogP contribution >= 0.6 is 0 Å². The third-order valence-corrected chi connectivity index (χ3v) is 2.93. The zero-order valence-electron chi connectivity index (χ0n) is 8.66. The SMILES string of the molecule is CCCC(=O)OC1=CN2CCC1CC2. The van der Waals surface area contributed by atoms with E-state index in [0.29, 0.717) is 12.3 Å². The summed E-state index contributed by atoms with van der Waals surface area (Å²) in [5, 5.41) is 0. The molecule has 3 aliphatic heterocycles. The van der Waals surface area contributed by atoms with Crippen molar-refractivity contribution in [3.05, 3.63) is 12.0 Å². The van der Waals surface area contributed by atoms with Crippen molar-refractivity contribution in [2.24, 2.45) is 5.92 Å². The fourth-order valence-corrected chi connectivity index (χ4v) is 2.09. The first kappa shape index (κ1) is 9.56. The van der Waals surface area contributed by atoms with Crippen LogP contribution in [-0.4, -0.2) is 24.0 Å². The van der Waals surface area contributed by atoms with Crippen LogP contribution in [0.15, 0.2) is 12.0 Å². The number of nitrogens with zero attached hydrogens (tertiary/aromatic N) is 1. The summed E-state index contributed by atoms with van der Waals surface area (Å²) < 4.78 is 5.35. The van der Waals surface area contributed by atoms with Gasteiger partial charge in [0.15, 0.2) is 0 Å². The average molecular weight is 195 g/mol. The lowest BCUT2D eigenvalue weighted by atomic mass is 9.91. The van der Waals surface area contributed by atoms with Gasteiger partial charge in [0.1, 0.15) is 5.76 Å². The van der Waals surface area contributed by atoms with Crippen LogP contribution in [0.4, 0.5) is 0 Å². The summed E-state index contributed by atoms with van der Waals surface area (Å²) in [6.45, 7) is 4.24. The normalized spacial score (nSPS) is 20.9. The Morgan fingerprint density at radius 1 is 1.57 bits per heavy atom. The Morgan fingerprint density at radius 3 is 2.79 bits per heavy atom. The highest BCUT2D eigenvalue weighted by Gasteiger charge is 2.29. The summed E-state index contributed by atoms with van der Waals surface area (Å²) in [5.74, 6) is 1.33. The molecule has 0 aromatic heterocycles. The second-order valence-corrected chi connectivity index (χ2v) is 4.07. The number of fused-ring (bicyclic) bond motifs is 2. The molecule has 78 valence electrons. The number of hydrogen-bond acceptors (Lipinski definition) is 3. The Kier molecular flexibility index (Phi) is 2.75. The maximum Gasteiger partial charge on any atom is 0.310 e. The number of allylic oxidation sites excluding steroid dienone is 1. The average Bonchev–Trinajstić information content (AvgIpc) is 2.19. The van der Waals surface area contributed by atoms with Gasteiger partial charge in [0.05, 0.1) is 0 Å². The number of carbonyl (C=O) groups is 1. The molecule has 0 saturated carbocycles. The van der Waals surface area contributed by atoms with E-state index in [1.54, 1.807) is 0 Å². The van der Waals surface area contributed by atoms with Gasteiger partial charge < -0.3 is 9.64 Å². The van der Waals surface area contributed by atoms with E-state index >= 15 is 0 Å². The molecular formula is C11H17NO2. The molecule has 0 aromatic rings. The third kappa shape index (κ3) is 1.91. The van der Waals surface area contributed by atoms with Crippen LogP contribution in [0.1, 0.15) is 32.6 Å². The van der Waals surface area contributed by atoms with Gasteiger partial charge in [-0.05, 0) is 19.3 Å². The fraction of sp³-hybridized carbons (Fsp3) is 0.727. The van der Waals surface area contributed by atoms with Crippen molar-refractivity contribution >= 4 is 5.97 Å². The van der Waals surface area contributed by atoms with Crippen LogP contribution in [0.3, 0.4) is 0 Å². The van der Waals surface area contributed by atoms with Crippen molar-refractivity contribution in [2.75, 3.05) is 13.1 Å². The van der Waals surface area contributed by atoms with Crippen LogP contribution in [0.5, 0.6) is 0 Å². The molecule has 3 heteroatoms. The highest BCUT2D eigenvalue weighted by atomic mass is 16.5. The quantitative estimate of drug-likeness (QED) is 0.644. The van der Waals surface area contributed by atoms with E-state index in [1.807, 2.05) is 13.1 Å². The molecule has 0 amide bonds. The molecular weight excluding hydrogens is 178 g/mol. The van der Waals surface area contributed by atoms with Gasteiger partial charge in [-0.1, -0.05) is 6.92 Å². The topological polar surface area (TPSA) is 29.5 Å². The molecule has 2 bridgehead atoms. The van der Waals surface area contributed by atoms with E-state index in [9.17, 15) is 4.79 Å². The predicted octanol–water partition coefficient (Wildman–Crippen LogP) is 1.90. The minimum atomic E-state index is -0.0764. The lowest BCUT2D eigenvalue weighted by Crippen LogP contribution is -2.37. The molecule has 0 aliphatic carbocycles. The Morgan fingerprint density at radius 2 is 2.29 bits per heavy atom. The Balaban J connectivity index is 1.95. The van der Waals surface area contributed by atoms with Crippen molar-refractivity contribution in [3.8, 4) is 0 Å². The van der Waals surface area contributed by atoms with Gasteiger partial charge >= 0.3 is 5.97 Å². The molecule has 0 N–H and O–H groups in total. The largest absolute Gasteiger partial charge is 0.429 e. The lowest BCUT2D eigenvalue weighted by Gasteiger charge is -2.37. The van der Waals surface area contributed by atoms with Crippen LogP contribution in [0.25, 0.3) is 0 Å².